The molecule has 0 saturated heterocycles. The van der Waals surface area contributed by atoms with Crippen LogP contribution in [0.5, 0.6) is 0 Å². The summed E-state index contributed by atoms with van der Waals surface area (Å²) >= 11 is 0. The molecule has 2 N–H and O–H groups in total. The van der Waals surface area contributed by atoms with Gasteiger partial charge in [0.2, 0.25) is 5.91 Å². The second-order valence-corrected chi connectivity index (χ2v) is 7.92. The molecule has 1 aliphatic rings. The number of nitrogens with zero attached hydrogens (tertiary/aromatic N) is 4. The molecule has 0 unspecified atom stereocenters. The highest BCUT2D eigenvalue weighted by Gasteiger charge is 2.42. The van der Waals surface area contributed by atoms with Crippen molar-refractivity contribution in [2.75, 3.05) is 27.7 Å². The van der Waals surface area contributed by atoms with E-state index in [1.54, 1.807) is 11.9 Å². The Bertz CT molecular complexity index is 821. The third-order valence-electron chi connectivity index (χ3n) is 5.65. The zero-order valence-electron chi connectivity index (χ0n) is 17.7. The van der Waals surface area contributed by atoms with Crippen LogP contribution in [-0.2, 0) is 17.9 Å². The Kier molecular flexibility index (Phi) is 6.90. The van der Waals surface area contributed by atoms with E-state index in [-0.39, 0.29) is 11.3 Å². The minimum Gasteiger partial charge on any atom is -0.355 e. The largest absolute Gasteiger partial charge is 0.355 e. The molecule has 29 heavy (non-hydrogen) atoms. The van der Waals surface area contributed by atoms with Gasteiger partial charge in [0, 0.05) is 46.6 Å². The Hall–Kier alpha value is -2.83. The highest BCUT2D eigenvalue weighted by molar-refractivity contribution is 5.85. The van der Waals surface area contributed by atoms with Gasteiger partial charge in [-0.2, -0.15) is 0 Å². The standard InChI is InChI=1S/C22H32N6O/c1-23-21(26-17-22(11-7-8-12-22)20(29)27(2)3)25-15-19-24-13-14-28(19)16-18-9-5-4-6-10-18/h4-6,9-10,13-14H,7-8,11-12,15-17H2,1-3H3,(H2,23,25,26). The molecule has 0 aliphatic heterocycles. The Balaban J connectivity index is 1.58. The van der Waals surface area contributed by atoms with Gasteiger partial charge in [0.25, 0.3) is 0 Å². The van der Waals surface area contributed by atoms with Crippen LogP contribution in [0.1, 0.15) is 37.1 Å². The van der Waals surface area contributed by atoms with E-state index in [4.69, 9.17) is 0 Å². The Morgan fingerprint density at radius 3 is 2.59 bits per heavy atom. The van der Waals surface area contributed by atoms with Crippen LogP contribution in [0.25, 0.3) is 0 Å². The van der Waals surface area contributed by atoms with Crippen LogP contribution < -0.4 is 10.6 Å². The minimum absolute atomic E-state index is 0.205. The second kappa shape index (κ2) is 9.58. The molecule has 1 amide bonds. The summed E-state index contributed by atoms with van der Waals surface area (Å²) in [7, 11) is 5.42. The predicted molar refractivity (Wildman–Crippen MR) is 116 cm³/mol. The number of guanidine groups is 1. The molecule has 1 aromatic heterocycles. The SMILES string of the molecule is CN=C(NCc1nccn1Cc1ccccc1)NCC1(C(=O)N(C)C)CCCC1. The third-order valence-corrected chi connectivity index (χ3v) is 5.65. The van der Waals surface area contributed by atoms with E-state index in [9.17, 15) is 4.79 Å². The van der Waals surface area contributed by atoms with Crippen molar-refractivity contribution in [2.24, 2.45) is 10.4 Å². The van der Waals surface area contributed by atoms with Gasteiger partial charge in [-0.3, -0.25) is 9.79 Å². The van der Waals surface area contributed by atoms with Gasteiger partial charge in [-0.25, -0.2) is 4.98 Å². The van der Waals surface area contributed by atoms with Crippen molar-refractivity contribution in [1.29, 1.82) is 0 Å². The van der Waals surface area contributed by atoms with Gasteiger partial charge in [0.05, 0.1) is 12.0 Å². The van der Waals surface area contributed by atoms with Crippen LogP contribution in [0.4, 0.5) is 0 Å². The van der Waals surface area contributed by atoms with Gasteiger partial charge < -0.3 is 20.1 Å². The van der Waals surface area contributed by atoms with Crippen molar-refractivity contribution in [1.82, 2.24) is 25.1 Å². The Morgan fingerprint density at radius 1 is 1.21 bits per heavy atom. The molecule has 1 saturated carbocycles. The fraction of sp³-hybridized carbons (Fsp3) is 0.500. The van der Waals surface area contributed by atoms with E-state index in [2.05, 4.69) is 37.3 Å². The van der Waals surface area contributed by atoms with Gasteiger partial charge in [-0.15, -0.1) is 0 Å². The fourth-order valence-electron chi connectivity index (χ4n) is 4.06. The van der Waals surface area contributed by atoms with Crippen molar-refractivity contribution in [3.05, 3.63) is 54.1 Å². The summed E-state index contributed by atoms with van der Waals surface area (Å²) in [5.74, 6) is 1.84. The zero-order valence-corrected chi connectivity index (χ0v) is 17.7. The number of imidazole rings is 1. The molecule has 3 rings (SSSR count). The van der Waals surface area contributed by atoms with Gasteiger partial charge in [-0.05, 0) is 18.4 Å². The van der Waals surface area contributed by atoms with Crippen molar-refractivity contribution in [3.63, 3.8) is 0 Å². The molecule has 2 aromatic rings. The summed E-state index contributed by atoms with van der Waals surface area (Å²) in [4.78, 5) is 23.3. The lowest BCUT2D eigenvalue weighted by Crippen LogP contribution is -2.49. The van der Waals surface area contributed by atoms with Gasteiger partial charge in [0.1, 0.15) is 5.82 Å². The third kappa shape index (κ3) is 5.16. The van der Waals surface area contributed by atoms with E-state index in [1.807, 2.05) is 44.7 Å². The molecule has 1 fully saturated rings. The Labute approximate surface area is 173 Å². The van der Waals surface area contributed by atoms with Crippen molar-refractivity contribution in [3.8, 4) is 0 Å². The number of rotatable bonds is 7. The quantitative estimate of drug-likeness (QED) is 0.556. The van der Waals surface area contributed by atoms with E-state index in [0.29, 0.717) is 19.0 Å². The number of hydrogen-bond acceptors (Lipinski definition) is 3. The second-order valence-electron chi connectivity index (χ2n) is 7.92. The normalized spacial score (nSPS) is 15.9. The molecule has 7 nitrogen and oxygen atoms in total. The maximum atomic E-state index is 12.7. The van der Waals surface area contributed by atoms with Gasteiger partial charge in [0.15, 0.2) is 5.96 Å². The number of carbonyl (C=O) groups is 1. The summed E-state index contributed by atoms with van der Waals surface area (Å²) in [6.07, 6.45) is 7.86. The summed E-state index contributed by atoms with van der Waals surface area (Å²) in [6.45, 7) is 1.95. The first-order valence-corrected chi connectivity index (χ1v) is 10.2. The van der Waals surface area contributed by atoms with Crippen molar-refractivity contribution < 1.29 is 4.79 Å². The fourth-order valence-corrected chi connectivity index (χ4v) is 4.06. The number of hydrogen-bond donors (Lipinski definition) is 2. The monoisotopic (exact) mass is 396 g/mol. The first-order valence-electron chi connectivity index (χ1n) is 10.2. The Morgan fingerprint density at radius 2 is 1.93 bits per heavy atom. The lowest BCUT2D eigenvalue weighted by atomic mass is 9.84. The van der Waals surface area contributed by atoms with E-state index < -0.39 is 0 Å². The molecule has 7 heteroatoms. The highest BCUT2D eigenvalue weighted by Crippen LogP contribution is 2.38. The first-order chi connectivity index (χ1) is 14.0. The maximum Gasteiger partial charge on any atom is 0.230 e. The molecular formula is C22H32N6O. The van der Waals surface area contributed by atoms with Crippen LogP contribution in [-0.4, -0.2) is 54.0 Å². The number of benzene rings is 1. The maximum absolute atomic E-state index is 12.7. The molecule has 1 aliphatic carbocycles. The molecule has 0 bridgehead atoms. The number of amides is 1. The molecule has 0 radical (unpaired) electrons. The molecule has 1 heterocycles. The summed E-state index contributed by atoms with van der Waals surface area (Å²) in [5.41, 5.74) is 0.909. The lowest BCUT2D eigenvalue weighted by molar-refractivity contribution is -0.138. The van der Waals surface area contributed by atoms with Gasteiger partial charge >= 0.3 is 0 Å². The first kappa shape index (κ1) is 20.9. The zero-order chi connectivity index (χ0) is 20.7. The number of aliphatic imine (C=N–C) groups is 1. The molecule has 0 spiro atoms. The van der Waals surface area contributed by atoms with Crippen LogP contribution >= 0.6 is 0 Å². The average molecular weight is 397 g/mol. The summed E-state index contributed by atoms with van der Waals surface area (Å²) in [6, 6.07) is 10.3. The number of aromatic nitrogens is 2. The summed E-state index contributed by atoms with van der Waals surface area (Å²) in [5, 5.41) is 6.71. The predicted octanol–water partition coefficient (Wildman–Crippen LogP) is 2.24. The van der Waals surface area contributed by atoms with E-state index in [0.717, 1.165) is 38.1 Å². The van der Waals surface area contributed by atoms with Crippen LogP contribution in [0.15, 0.2) is 47.7 Å². The topological polar surface area (TPSA) is 74.5 Å². The molecule has 1 aromatic carbocycles. The van der Waals surface area contributed by atoms with E-state index >= 15 is 0 Å². The molecule has 156 valence electrons. The number of carbonyl (C=O) groups excluding carboxylic acids is 1. The lowest BCUT2D eigenvalue weighted by Gasteiger charge is -2.31. The smallest absolute Gasteiger partial charge is 0.230 e. The average Bonchev–Trinajstić information content (AvgIpc) is 3.38. The van der Waals surface area contributed by atoms with Crippen molar-refractivity contribution in [2.45, 2.75) is 38.8 Å². The van der Waals surface area contributed by atoms with E-state index in [1.165, 1.54) is 5.56 Å². The number of nitrogens with one attached hydrogen (secondary N) is 2. The minimum atomic E-state index is -0.326. The van der Waals surface area contributed by atoms with Gasteiger partial charge in [-0.1, -0.05) is 43.2 Å². The molecule has 0 atom stereocenters. The van der Waals surface area contributed by atoms with Crippen molar-refractivity contribution >= 4 is 11.9 Å². The van der Waals surface area contributed by atoms with Crippen LogP contribution in [0.3, 0.4) is 0 Å². The van der Waals surface area contributed by atoms with Crippen LogP contribution in [0, 0.1) is 5.41 Å². The van der Waals surface area contributed by atoms with Crippen LogP contribution in [0.2, 0.25) is 0 Å². The highest BCUT2D eigenvalue weighted by atomic mass is 16.2. The summed E-state index contributed by atoms with van der Waals surface area (Å²) < 4.78 is 2.13. The molecular weight excluding hydrogens is 364 g/mol.